The van der Waals surface area contributed by atoms with Crippen molar-refractivity contribution in [1.82, 2.24) is 10.3 Å². The number of carbonyl (C=O) groups is 2. The summed E-state index contributed by atoms with van der Waals surface area (Å²) in [5, 5.41) is 8.98. The third kappa shape index (κ3) is 5.73. The van der Waals surface area contributed by atoms with Crippen molar-refractivity contribution < 1.29 is 9.59 Å². The average Bonchev–Trinajstić information content (AvgIpc) is 3.27. The molecule has 3 aromatic carbocycles. The Morgan fingerprint density at radius 3 is 2.33 bits per heavy atom. The summed E-state index contributed by atoms with van der Waals surface area (Å²) < 4.78 is 0. The third-order valence-corrected chi connectivity index (χ3v) is 6.13. The molecule has 0 unspecified atom stereocenters. The molecule has 1 heterocycles. The zero-order chi connectivity index (χ0) is 23.2. The fourth-order valence-corrected chi connectivity index (χ4v) is 4.06. The van der Waals surface area contributed by atoms with Gasteiger partial charge in [0, 0.05) is 34.3 Å². The highest BCUT2D eigenvalue weighted by Crippen LogP contribution is 2.22. The van der Waals surface area contributed by atoms with Gasteiger partial charge in [-0.15, -0.1) is 11.3 Å². The van der Waals surface area contributed by atoms with Crippen LogP contribution >= 0.6 is 11.3 Å². The van der Waals surface area contributed by atoms with Crippen LogP contribution in [0, 0.1) is 13.8 Å². The van der Waals surface area contributed by atoms with Crippen LogP contribution in [0.2, 0.25) is 0 Å². The lowest BCUT2D eigenvalue weighted by Gasteiger charge is -2.11. The zero-order valence-corrected chi connectivity index (χ0v) is 19.4. The Morgan fingerprint density at radius 2 is 1.64 bits per heavy atom. The maximum absolute atomic E-state index is 12.7. The van der Waals surface area contributed by atoms with E-state index >= 15 is 0 Å². The summed E-state index contributed by atoms with van der Waals surface area (Å²) >= 11 is 1.64. The summed E-state index contributed by atoms with van der Waals surface area (Å²) in [6.07, 6.45) is 0.728. The van der Waals surface area contributed by atoms with Crippen LogP contribution in [0.4, 0.5) is 5.69 Å². The van der Waals surface area contributed by atoms with Crippen LogP contribution in [-0.2, 0) is 6.42 Å². The number of aryl methyl sites for hydroxylation is 2. The molecule has 0 radical (unpaired) electrons. The summed E-state index contributed by atoms with van der Waals surface area (Å²) in [6.45, 7) is 4.42. The average molecular weight is 456 g/mol. The second-order valence-electron chi connectivity index (χ2n) is 7.80. The maximum Gasteiger partial charge on any atom is 0.255 e. The van der Waals surface area contributed by atoms with E-state index in [1.807, 2.05) is 38.1 Å². The van der Waals surface area contributed by atoms with Crippen LogP contribution < -0.4 is 10.6 Å². The van der Waals surface area contributed by atoms with Gasteiger partial charge in [-0.25, -0.2) is 4.98 Å². The van der Waals surface area contributed by atoms with Crippen molar-refractivity contribution in [3.63, 3.8) is 0 Å². The van der Waals surface area contributed by atoms with Crippen LogP contribution in [0.15, 0.2) is 78.2 Å². The van der Waals surface area contributed by atoms with E-state index in [1.165, 1.54) is 0 Å². The van der Waals surface area contributed by atoms with Crippen molar-refractivity contribution in [3.05, 3.63) is 105 Å². The van der Waals surface area contributed by atoms with E-state index in [-0.39, 0.29) is 11.8 Å². The predicted molar refractivity (Wildman–Crippen MR) is 134 cm³/mol. The smallest absolute Gasteiger partial charge is 0.255 e. The molecule has 0 aliphatic carbocycles. The first-order chi connectivity index (χ1) is 16.0. The Balaban J connectivity index is 1.34. The minimum absolute atomic E-state index is 0.167. The number of hydrogen-bond acceptors (Lipinski definition) is 4. The molecule has 0 aliphatic heterocycles. The molecule has 4 rings (SSSR count). The zero-order valence-electron chi connectivity index (χ0n) is 18.6. The standard InChI is InChI=1S/C27H25N3O2S/c1-18-8-11-23(16-24(18)30-27(32)22-6-4-3-5-7-22)26(31)28-15-14-20-9-12-21(13-10-20)25-17-33-19(2)29-25/h3-13,16-17H,14-15H2,1-2H3,(H,28,31)(H,30,32). The van der Waals surface area contributed by atoms with Gasteiger partial charge in [-0.05, 0) is 55.7 Å². The Bertz CT molecular complexity index is 1260. The molecule has 166 valence electrons. The summed E-state index contributed by atoms with van der Waals surface area (Å²) in [5.41, 5.74) is 5.84. The van der Waals surface area contributed by atoms with Crippen molar-refractivity contribution in [2.75, 3.05) is 11.9 Å². The molecule has 5 nitrogen and oxygen atoms in total. The number of hydrogen-bond donors (Lipinski definition) is 2. The Morgan fingerprint density at radius 1 is 0.879 bits per heavy atom. The largest absolute Gasteiger partial charge is 0.352 e. The summed E-state index contributed by atoms with van der Waals surface area (Å²) in [7, 11) is 0. The van der Waals surface area contributed by atoms with Gasteiger partial charge in [0.05, 0.1) is 10.7 Å². The summed E-state index contributed by atoms with van der Waals surface area (Å²) in [4.78, 5) is 29.7. The van der Waals surface area contributed by atoms with E-state index in [2.05, 4.69) is 45.3 Å². The molecule has 2 N–H and O–H groups in total. The molecule has 0 fully saturated rings. The molecule has 0 spiro atoms. The van der Waals surface area contributed by atoms with Gasteiger partial charge in [0.15, 0.2) is 0 Å². The van der Waals surface area contributed by atoms with Crippen LogP contribution in [-0.4, -0.2) is 23.3 Å². The Kier molecular flexibility index (Phi) is 6.95. The van der Waals surface area contributed by atoms with Crippen LogP contribution in [0.1, 0.15) is 36.9 Å². The number of benzene rings is 3. The van der Waals surface area contributed by atoms with Gasteiger partial charge in [-0.1, -0.05) is 48.5 Å². The number of rotatable bonds is 7. The van der Waals surface area contributed by atoms with Gasteiger partial charge in [-0.2, -0.15) is 0 Å². The number of anilines is 1. The number of thiazole rings is 1. The number of carbonyl (C=O) groups excluding carboxylic acids is 2. The number of nitrogens with zero attached hydrogens (tertiary/aromatic N) is 1. The number of amides is 2. The highest BCUT2D eigenvalue weighted by atomic mass is 32.1. The molecule has 4 aromatic rings. The van der Waals surface area contributed by atoms with Gasteiger partial charge in [0.2, 0.25) is 0 Å². The third-order valence-electron chi connectivity index (χ3n) is 5.35. The molecule has 2 amide bonds. The van der Waals surface area contributed by atoms with Crippen LogP contribution in [0.3, 0.4) is 0 Å². The minimum Gasteiger partial charge on any atom is -0.352 e. The molecular formula is C27H25N3O2S. The molecule has 0 atom stereocenters. The van der Waals surface area contributed by atoms with Crippen LogP contribution in [0.25, 0.3) is 11.3 Å². The fourth-order valence-electron chi connectivity index (χ4n) is 3.44. The minimum atomic E-state index is -0.201. The molecule has 0 saturated carbocycles. The molecular weight excluding hydrogens is 430 g/mol. The maximum atomic E-state index is 12.7. The van der Waals surface area contributed by atoms with E-state index in [0.29, 0.717) is 23.4 Å². The second-order valence-corrected chi connectivity index (χ2v) is 8.87. The molecule has 0 aliphatic rings. The van der Waals surface area contributed by atoms with E-state index < -0.39 is 0 Å². The number of aromatic nitrogens is 1. The monoisotopic (exact) mass is 455 g/mol. The van der Waals surface area contributed by atoms with E-state index in [0.717, 1.165) is 33.8 Å². The topological polar surface area (TPSA) is 71.1 Å². The quantitative estimate of drug-likeness (QED) is 0.378. The SMILES string of the molecule is Cc1nc(-c2ccc(CCNC(=O)c3ccc(C)c(NC(=O)c4ccccc4)c3)cc2)cs1. The fraction of sp³-hybridized carbons (Fsp3) is 0.148. The molecule has 0 saturated heterocycles. The number of nitrogens with one attached hydrogen (secondary N) is 2. The van der Waals surface area contributed by atoms with Crippen LogP contribution in [0.5, 0.6) is 0 Å². The van der Waals surface area contributed by atoms with Crippen molar-refractivity contribution in [3.8, 4) is 11.3 Å². The first kappa shape index (κ1) is 22.4. The molecule has 6 heteroatoms. The Hall–Kier alpha value is -3.77. The van der Waals surface area contributed by atoms with Crippen molar-refractivity contribution in [2.45, 2.75) is 20.3 Å². The predicted octanol–water partition coefficient (Wildman–Crippen LogP) is 5.65. The highest BCUT2D eigenvalue weighted by Gasteiger charge is 2.11. The van der Waals surface area contributed by atoms with Gasteiger partial charge in [-0.3, -0.25) is 9.59 Å². The first-order valence-electron chi connectivity index (χ1n) is 10.8. The summed E-state index contributed by atoms with van der Waals surface area (Å²) in [5.74, 6) is -0.368. The lowest BCUT2D eigenvalue weighted by Crippen LogP contribution is -2.26. The van der Waals surface area contributed by atoms with Crippen molar-refractivity contribution in [1.29, 1.82) is 0 Å². The van der Waals surface area contributed by atoms with Gasteiger partial charge in [0.1, 0.15) is 0 Å². The Labute approximate surface area is 197 Å². The van der Waals surface area contributed by atoms with Gasteiger partial charge in [0.25, 0.3) is 11.8 Å². The lowest BCUT2D eigenvalue weighted by molar-refractivity contribution is 0.0952. The van der Waals surface area contributed by atoms with Gasteiger partial charge < -0.3 is 10.6 Å². The molecule has 33 heavy (non-hydrogen) atoms. The van der Waals surface area contributed by atoms with E-state index in [9.17, 15) is 9.59 Å². The first-order valence-corrected chi connectivity index (χ1v) is 11.6. The summed E-state index contributed by atoms with van der Waals surface area (Å²) in [6, 6.07) is 22.6. The van der Waals surface area contributed by atoms with Crippen molar-refractivity contribution >= 4 is 28.8 Å². The van der Waals surface area contributed by atoms with E-state index in [1.54, 1.807) is 35.6 Å². The normalized spacial score (nSPS) is 10.6. The van der Waals surface area contributed by atoms with Gasteiger partial charge >= 0.3 is 0 Å². The lowest BCUT2D eigenvalue weighted by atomic mass is 10.1. The highest BCUT2D eigenvalue weighted by molar-refractivity contribution is 7.09. The molecule has 0 bridgehead atoms. The second kappa shape index (κ2) is 10.2. The van der Waals surface area contributed by atoms with Crippen molar-refractivity contribution in [2.24, 2.45) is 0 Å². The molecule has 1 aromatic heterocycles. The van der Waals surface area contributed by atoms with E-state index in [4.69, 9.17) is 0 Å².